The van der Waals surface area contributed by atoms with Crippen molar-refractivity contribution in [3.05, 3.63) is 0 Å². The first-order valence-corrected chi connectivity index (χ1v) is 3.88. The van der Waals surface area contributed by atoms with Crippen molar-refractivity contribution in [2.24, 2.45) is 11.8 Å². The predicted octanol–water partition coefficient (Wildman–Crippen LogP) is 1.80. The average molecular weight is 128 g/mol. The van der Waals surface area contributed by atoms with E-state index in [2.05, 4.69) is 13.8 Å². The molecule has 0 bridgehead atoms. The third-order valence-electron chi connectivity index (χ3n) is 2.42. The second kappa shape index (κ2) is 2.70. The molecule has 1 saturated carbocycles. The summed E-state index contributed by atoms with van der Waals surface area (Å²) in [5.41, 5.74) is 0. The Kier molecular flexibility index (Phi) is 2.12. The second-order valence-electron chi connectivity index (χ2n) is 3.46. The molecule has 0 aromatic heterocycles. The zero-order chi connectivity index (χ0) is 6.85. The van der Waals surface area contributed by atoms with Crippen LogP contribution in [0, 0.1) is 11.8 Å². The molecular formula is C8H16O. The fourth-order valence-corrected chi connectivity index (χ4v) is 1.50. The Balaban J connectivity index is 2.35. The maximum absolute atomic E-state index is 9.35. The molecule has 0 spiro atoms. The van der Waals surface area contributed by atoms with E-state index >= 15 is 0 Å². The topological polar surface area (TPSA) is 20.2 Å². The van der Waals surface area contributed by atoms with Gasteiger partial charge in [0.25, 0.3) is 0 Å². The average Bonchev–Trinajstić information content (AvgIpc) is 1.80. The summed E-state index contributed by atoms with van der Waals surface area (Å²) in [7, 11) is 0. The van der Waals surface area contributed by atoms with Crippen molar-refractivity contribution in [3.8, 4) is 0 Å². The van der Waals surface area contributed by atoms with E-state index in [1.54, 1.807) is 0 Å². The second-order valence-corrected chi connectivity index (χ2v) is 3.46. The van der Waals surface area contributed by atoms with Gasteiger partial charge in [0.2, 0.25) is 0 Å². The van der Waals surface area contributed by atoms with Gasteiger partial charge >= 0.3 is 0 Å². The fraction of sp³-hybridized carbons (Fsp3) is 1.00. The van der Waals surface area contributed by atoms with Crippen LogP contribution < -0.4 is 0 Å². The van der Waals surface area contributed by atoms with Gasteiger partial charge in [-0.05, 0) is 24.7 Å². The van der Waals surface area contributed by atoms with E-state index in [0.29, 0.717) is 5.92 Å². The van der Waals surface area contributed by atoms with Gasteiger partial charge in [-0.25, -0.2) is 0 Å². The maximum atomic E-state index is 9.35. The zero-order valence-corrected chi connectivity index (χ0v) is 6.30. The largest absolute Gasteiger partial charge is 0.393 e. The third kappa shape index (κ3) is 1.68. The molecule has 9 heavy (non-hydrogen) atoms. The molecule has 0 aliphatic heterocycles. The Morgan fingerprint density at radius 1 is 1.22 bits per heavy atom. The maximum Gasteiger partial charge on any atom is 0.0568 e. The molecule has 1 rings (SSSR count). The first-order chi connectivity index (χ1) is 4.20. The highest BCUT2D eigenvalue weighted by Crippen LogP contribution is 2.27. The van der Waals surface area contributed by atoms with Gasteiger partial charge in [-0.15, -0.1) is 0 Å². The molecule has 3 atom stereocenters. The molecule has 1 nitrogen and oxygen atoms in total. The Morgan fingerprint density at radius 2 is 1.89 bits per heavy atom. The van der Waals surface area contributed by atoms with Gasteiger partial charge in [-0.3, -0.25) is 0 Å². The van der Waals surface area contributed by atoms with Gasteiger partial charge in [0.1, 0.15) is 0 Å². The van der Waals surface area contributed by atoms with E-state index in [4.69, 9.17) is 0 Å². The molecule has 54 valence electrons. The molecule has 1 fully saturated rings. The van der Waals surface area contributed by atoms with Crippen molar-refractivity contribution in [2.75, 3.05) is 0 Å². The molecule has 0 saturated heterocycles. The van der Waals surface area contributed by atoms with Crippen molar-refractivity contribution in [1.82, 2.24) is 0 Å². The van der Waals surface area contributed by atoms with Gasteiger partial charge in [0.05, 0.1) is 6.10 Å². The first-order valence-electron chi connectivity index (χ1n) is 3.88. The van der Waals surface area contributed by atoms with Gasteiger partial charge in [-0.2, -0.15) is 0 Å². The van der Waals surface area contributed by atoms with Gasteiger partial charge in [0.15, 0.2) is 0 Å². The van der Waals surface area contributed by atoms with E-state index in [-0.39, 0.29) is 6.10 Å². The van der Waals surface area contributed by atoms with E-state index < -0.39 is 0 Å². The molecular weight excluding hydrogens is 112 g/mol. The Morgan fingerprint density at radius 3 is 2.33 bits per heavy atom. The molecule has 1 heteroatoms. The normalized spacial score (nSPS) is 45.0. The number of hydrogen-bond acceptors (Lipinski definition) is 1. The molecule has 1 aliphatic rings. The number of aliphatic hydroxyl groups is 1. The van der Waals surface area contributed by atoms with Crippen LogP contribution in [0.4, 0.5) is 0 Å². The van der Waals surface area contributed by atoms with Gasteiger partial charge < -0.3 is 5.11 Å². The number of rotatable bonds is 0. The summed E-state index contributed by atoms with van der Waals surface area (Å²) in [4.78, 5) is 0. The first kappa shape index (κ1) is 7.07. The van der Waals surface area contributed by atoms with Gasteiger partial charge in [-0.1, -0.05) is 20.3 Å². The lowest BCUT2D eigenvalue weighted by atomic mass is 9.82. The Hall–Kier alpha value is -0.0400. The van der Waals surface area contributed by atoms with Crippen LogP contribution in [0.3, 0.4) is 0 Å². The van der Waals surface area contributed by atoms with Crippen molar-refractivity contribution in [3.63, 3.8) is 0 Å². The minimum Gasteiger partial charge on any atom is -0.393 e. The van der Waals surface area contributed by atoms with Crippen LogP contribution in [-0.2, 0) is 0 Å². The SMILES string of the molecule is C[C@@H]1CC[C@@H](C)[C@H](O)C1. The molecule has 1 N–H and O–H groups in total. The summed E-state index contributed by atoms with van der Waals surface area (Å²) < 4.78 is 0. The highest BCUT2D eigenvalue weighted by molar-refractivity contribution is 4.74. The van der Waals surface area contributed by atoms with Gasteiger partial charge in [0, 0.05) is 0 Å². The van der Waals surface area contributed by atoms with Crippen LogP contribution in [0.25, 0.3) is 0 Å². The van der Waals surface area contributed by atoms with Crippen LogP contribution in [0.15, 0.2) is 0 Å². The van der Waals surface area contributed by atoms with Crippen molar-refractivity contribution < 1.29 is 5.11 Å². The fourth-order valence-electron chi connectivity index (χ4n) is 1.50. The summed E-state index contributed by atoms with van der Waals surface area (Å²) in [5.74, 6) is 1.29. The minimum atomic E-state index is -0.0197. The monoisotopic (exact) mass is 128 g/mol. The standard InChI is InChI=1S/C8H16O/c1-6-3-4-7(2)8(9)5-6/h6-9H,3-5H2,1-2H3/t6-,7-,8-/m1/s1. The molecule has 0 radical (unpaired) electrons. The van der Waals surface area contributed by atoms with Crippen LogP contribution in [0.1, 0.15) is 33.1 Å². The minimum absolute atomic E-state index is 0.0197. The highest BCUT2D eigenvalue weighted by Gasteiger charge is 2.22. The predicted molar refractivity (Wildman–Crippen MR) is 38.2 cm³/mol. The van der Waals surface area contributed by atoms with Crippen molar-refractivity contribution in [1.29, 1.82) is 0 Å². The van der Waals surface area contributed by atoms with E-state index in [1.807, 2.05) is 0 Å². The number of aliphatic hydroxyl groups excluding tert-OH is 1. The lowest BCUT2D eigenvalue weighted by Crippen LogP contribution is -2.25. The summed E-state index contributed by atoms with van der Waals surface area (Å²) in [5, 5.41) is 9.35. The number of hydrogen-bond donors (Lipinski definition) is 1. The lowest BCUT2D eigenvalue weighted by Gasteiger charge is -2.28. The summed E-state index contributed by atoms with van der Waals surface area (Å²) in [6, 6.07) is 0. The third-order valence-corrected chi connectivity index (χ3v) is 2.42. The quantitative estimate of drug-likeness (QED) is 0.527. The molecule has 0 unspecified atom stereocenters. The molecule has 0 aromatic carbocycles. The van der Waals surface area contributed by atoms with Crippen LogP contribution in [0.5, 0.6) is 0 Å². The lowest BCUT2D eigenvalue weighted by molar-refractivity contribution is 0.0577. The highest BCUT2D eigenvalue weighted by atomic mass is 16.3. The summed E-state index contributed by atoms with van der Waals surface area (Å²) >= 11 is 0. The Bertz CT molecular complexity index is 90.6. The smallest absolute Gasteiger partial charge is 0.0568 e. The van der Waals surface area contributed by atoms with Crippen LogP contribution in [-0.4, -0.2) is 11.2 Å². The molecule has 0 heterocycles. The molecule has 0 amide bonds. The molecule has 0 aromatic rings. The zero-order valence-electron chi connectivity index (χ0n) is 6.30. The van der Waals surface area contributed by atoms with Crippen molar-refractivity contribution in [2.45, 2.75) is 39.2 Å². The summed E-state index contributed by atoms with van der Waals surface area (Å²) in [6.45, 7) is 4.35. The van der Waals surface area contributed by atoms with Crippen LogP contribution >= 0.6 is 0 Å². The van der Waals surface area contributed by atoms with Crippen LogP contribution in [0.2, 0.25) is 0 Å². The van der Waals surface area contributed by atoms with E-state index in [0.717, 1.165) is 12.3 Å². The molecule has 1 aliphatic carbocycles. The van der Waals surface area contributed by atoms with Crippen molar-refractivity contribution >= 4 is 0 Å². The van der Waals surface area contributed by atoms with E-state index in [1.165, 1.54) is 12.8 Å². The Labute approximate surface area is 57.1 Å². The van der Waals surface area contributed by atoms with E-state index in [9.17, 15) is 5.11 Å². The summed E-state index contributed by atoms with van der Waals surface area (Å²) in [6.07, 6.45) is 3.51.